The van der Waals surface area contributed by atoms with Crippen LogP contribution < -0.4 is 5.73 Å². The number of aromatic nitrogens is 1. The van der Waals surface area contributed by atoms with Crippen molar-refractivity contribution in [1.29, 1.82) is 0 Å². The molecule has 0 unspecified atom stereocenters. The standard InChI is InChI=1S/C19H20N4O/c1-11(2)23-10-14-6-5-13(8-15(14)9-21-23)17-12(3)4-7-16-18(17)22-24-19(16)20/h4-9,11H,10,20H2,1-3H3. The fourth-order valence-electron chi connectivity index (χ4n) is 3.18. The first kappa shape index (κ1) is 14.8. The molecule has 3 aromatic rings. The summed E-state index contributed by atoms with van der Waals surface area (Å²) >= 11 is 0. The Balaban J connectivity index is 1.84. The van der Waals surface area contributed by atoms with Crippen LogP contribution in [0.2, 0.25) is 0 Å². The minimum Gasteiger partial charge on any atom is -0.367 e. The third kappa shape index (κ3) is 2.24. The number of hydrogen-bond donors (Lipinski definition) is 1. The molecule has 5 nitrogen and oxygen atoms in total. The first-order valence-electron chi connectivity index (χ1n) is 8.13. The van der Waals surface area contributed by atoms with Gasteiger partial charge in [-0.2, -0.15) is 5.10 Å². The van der Waals surface area contributed by atoms with Crippen LogP contribution in [0.4, 0.5) is 5.88 Å². The van der Waals surface area contributed by atoms with Gasteiger partial charge in [0.1, 0.15) is 5.52 Å². The van der Waals surface area contributed by atoms with E-state index in [0.29, 0.717) is 11.9 Å². The zero-order valence-electron chi connectivity index (χ0n) is 14.1. The highest BCUT2D eigenvalue weighted by Gasteiger charge is 2.18. The quantitative estimate of drug-likeness (QED) is 0.776. The van der Waals surface area contributed by atoms with E-state index in [1.54, 1.807) is 0 Å². The number of nitrogens with zero attached hydrogens (tertiary/aromatic N) is 3. The van der Waals surface area contributed by atoms with Gasteiger partial charge in [0.2, 0.25) is 5.88 Å². The van der Waals surface area contributed by atoms with Gasteiger partial charge < -0.3 is 10.3 Å². The molecule has 4 rings (SSSR count). The lowest BCUT2D eigenvalue weighted by molar-refractivity contribution is 0.221. The van der Waals surface area contributed by atoms with E-state index in [-0.39, 0.29) is 0 Å². The van der Waals surface area contributed by atoms with Crippen molar-refractivity contribution in [1.82, 2.24) is 10.2 Å². The lowest BCUT2D eigenvalue weighted by Gasteiger charge is -2.27. The van der Waals surface area contributed by atoms with Gasteiger partial charge in [-0.05, 0) is 49.6 Å². The van der Waals surface area contributed by atoms with Crippen LogP contribution in [0.5, 0.6) is 0 Å². The molecule has 1 aliphatic heterocycles. The third-order valence-corrected chi connectivity index (χ3v) is 4.60. The summed E-state index contributed by atoms with van der Waals surface area (Å²) in [5.41, 5.74) is 12.4. The van der Waals surface area contributed by atoms with E-state index in [1.165, 1.54) is 5.56 Å². The van der Waals surface area contributed by atoms with Crippen molar-refractivity contribution in [2.75, 3.05) is 5.73 Å². The molecule has 0 radical (unpaired) electrons. The lowest BCUT2D eigenvalue weighted by Crippen LogP contribution is -2.28. The number of nitrogens with two attached hydrogens (primary N) is 1. The van der Waals surface area contributed by atoms with Crippen LogP contribution in [0, 0.1) is 6.92 Å². The van der Waals surface area contributed by atoms with Crippen molar-refractivity contribution in [3.8, 4) is 11.1 Å². The average Bonchev–Trinajstić information content (AvgIpc) is 2.95. The van der Waals surface area contributed by atoms with Crippen LogP contribution in [0.25, 0.3) is 22.0 Å². The molecule has 24 heavy (non-hydrogen) atoms. The fourth-order valence-corrected chi connectivity index (χ4v) is 3.18. The molecule has 2 heterocycles. The molecule has 0 bridgehead atoms. The van der Waals surface area contributed by atoms with E-state index in [4.69, 9.17) is 10.3 Å². The normalized spacial score (nSPS) is 13.8. The number of nitrogen functional groups attached to an aromatic ring is 1. The summed E-state index contributed by atoms with van der Waals surface area (Å²) in [5, 5.41) is 11.7. The van der Waals surface area contributed by atoms with Crippen LogP contribution in [0.15, 0.2) is 40.0 Å². The molecule has 122 valence electrons. The Morgan fingerprint density at radius 1 is 1.21 bits per heavy atom. The number of hydrazone groups is 1. The average molecular weight is 320 g/mol. The highest BCUT2D eigenvalue weighted by molar-refractivity contribution is 6.00. The molecule has 0 atom stereocenters. The van der Waals surface area contributed by atoms with Gasteiger partial charge in [-0.25, -0.2) is 0 Å². The Hall–Kier alpha value is -2.82. The molecule has 0 amide bonds. The van der Waals surface area contributed by atoms with Gasteiger partial charge in [0.15, 0.2) is 0 Å². The molecule has 0 saturated heterocycles. The van der Waals surface area contributed by atoms with Crippen molar-refractivity contribution in [3.05, 3.63) is 47.0 Å². The maximum absolute atomic E-state index is 5.87. The smallest absolute Gasteiger partial charge is 0.230 e. The summed E-state index contributed by atoms with van der Waals surface area (Å²) in [6.07, 6.45) is 1.94. The van der Waals surface area contributed by atoms with E-state index in [1.807, 2.05) is 12.3 Å². The summed E-state index contributed by atoms with van der Waals surface area (Å²) in [6, 6.07) is 10.9. The third-order valence-electron chi connectivity index (χ3n) is 4.60. The van der Waals surface area contributed by atoms with E-state index < -0.39 is 0 Å². The molecule has 0 spiro atoms. The summed E-state index contributed by atoms with van der Waals surface area (Å²) in [7, 11) is 0. The number of rotatable bonds is 2. The van der Waals surface area contributed by atoms with E-state index in [2.05, 4.69) is 60.3 Å². The number of fused-ring (bicyclic) bond motifs is 2. The number of hydrogen-bond acceptors (Lipinski definition) is 5. The second-order valence-electron chi connectivity index (χ2n) is 6.55. The highest BCUT2D eigenvalue weighted by Crippen LogP contribution is 2.35. The predicted octanol–water partition coefficient (Wildman–Crippen LogP) is 3.94. The zero-order chi connectivity index (χ0) is 16.8. The molecule has 1 aliphatic rings. The van der Waals surface area contributed by atoms with Crippen LogP contribution in [-0.2, 0) is 6.54 Å². The highest BCUT2D eigenvalue weighted by atomic mass is 16.5. The SMILES string of the molecule is Cc1ccc2c(N)onc2c1-c1ccc2c(c1)C=NN(C(C)C)C2. The lowest BCUT2D eigenvalue weighted by atomic mass is 9.94. The molecule has 5 heteroatoms. The predicted molar refractivity (Wildman–Crippen MR) is 96.9 cm³/mol. The van der Waals surface area contributed by atoms with Gasteiger partial charge in [-0.3, -0.25) is 5.01 Å². The van der Waals surface area contributed by atoms with Crippen LogP contribution >= 0.6 is 0 Å². The Kier molecular flexibility index (Phi) is 3.30. The number of aryl methyl sites for hydroxylation is 1. The molecule has 2 N–H and O–H groups in total. The molecule has 2 aromatic carbocycles. The second-order valence-corrected chi connectivity index (χ2v) is 6.55. The van der Waals surface area contributed by atoms with E-state index in [0.717, 1.165) is 39.7 Å². The minimum absolute atomic E-state index is 0.360. The van der Waals surface area contributed by atoms with Gasteiger partial charge in [-0.15, -0.1) is 0 Å². The fraction of sp³-hybridized carbons (Fsp3) is 0.263. The molecular formula is C19H20N4O. The Labute approximate surface area is 140 Å². The summed E-state index contributed by atoms with van der Waals surface area (Å²) < 4.78 is 5.18. The summed E-state index contributed by atoms with van der Waals surface area (Å²) in [5.74, 6) is 0.360. The van der Waals surface area contributed by atoms with Crippen molar-refractivity contribution in [3.63, 3.8) is 0 Å². The van der Waals surface area contributed by atoms with Crippen molar-refractivity contribution < 1.29 is 4.52 Å². The van der Waals surface area contributed by atoms with Gasteiger partial charge >= 0.3 is 0 Å². The topological polar surface area (TPSA) is 67.6 Å². The Bertz CT molecular complexity index is 955. The summed E-state index contributed by atoms with van der Waals surface area (Å²) in [6.45, 7) is 7.21. The van der Waals surface area contributed by atoms with Crippen LogP contribution in [0.1, 0.15) is 30.5 Å². The maximum atomic E-state index is 5.87. The van der Waals surface area contributed by atoms with Gasteiger partial charge in [0.05, 0.1) is 18.1 Å². The van der Waals surface area contributed by atoms with E-state index in [9.17, 15) is 0 Å². The molecule has 1 aromatic heterocycles. The monoisotopic (exact) mass is 320 g/mol. The Morgan fingerprint density at radius 2 is 2.04 bits per heavy atom. The first-order chi connectivity index (χ1) is 11.5. The molecule has 0 fully saturated rings. The summed E-state index contributed by atoms with van der Waals surface area (Å²) in [4.78, 5) is 0. The van der Waals surface area contributed by atoms with Crippen LogP contribution in [-0.4, -0.2) is 22.4 Å². The number of anilines is 1. The van der Waals surface area contributed by atoms with Gasteiger partial charge in [0.25, 0.3) is 0 Å². The largest absolute Gasteiger partial charge is 0.367 e. The van der Waals surface area contributed by atoms with Crippen LogP contribution in [0.3, 0.4) is 0 Å². The van der Waals surface area contributed by atoms with Crippen molar-refractivity contribution in [2.24, 2.45) is 5.10 Å². The van der Waals surface area contributed by atoms with E-state index >= 15 is 0 Å². The second kappa shape index (κ2) is 5.37. The van der Waals surface area contributed by atoms with Gasteiger partial charge in [-0.1, -0.05) is 23.4 Å². The molecule has 0 saturated carbocycles. The zero-order valence-corrected chi connectivity index (χ0v) is 14.1. The molecule has 0 aliphatic carbocycles. The van der Waals surface area contributed by atoms with Gasteiger partial charge in [0, 0.05) is 17.2 Å². The van der Waals surface area contributed by atoms with Crippen molar-refractivity contribution in [2.45, 2.75) is 33.4 Å². The molecular weight excluding hydrogens is 300 g/mol. The number of benzene rings is 2. The first-order valence-corrected chi connectivity index (χ1v) is 8.13. The minimum atomic E-state index is 0.360. The van der Waals surface area contributed by atoms with Crippen molar-refractivity contribution >= 4 is 23.0 Å². The maximum Gasteiger partial charge on any atom is 0.230 e. The Morgan fingerprint density at radius 3 is 2.83 bits per heavy atom.